The van der Waals surface area contributed by atoms with Gasteiger partial charge in [-0.1, -0.05) is 78.7 Å². The molecule has 17 heteroatoms. The highest BCUT2D eigenvalue weighted by molar-refractivity contribution is 6.48. The van der Waals surface area contributed by atoms with Crippen LogP contribution in [0.3, 0.4) is 0 Å². The van der Waals surface area contributed by atoms with Crippen LogP contribution < -0.4 is 31.3 Å². The molecule has 7 rings (SSSR count). The van der Waals surface area contributed by atoms with Gasteiger partial charge in [0.2, 0.25) is 0 Å². The maximum Gasteiger partial charge on any atom is 0.180 e. The molecule has 0 N–H and O–H groups in total. The molecule has 1 fully saturated rings. The third-order valence-corrected chi connectivity index (χ3v) is 10.3. The van der Waals surface area contributed by atoms with Gasteiger partial charge >= 0.3 is 0 Å². The smallest absolute Gasteiger partial charge is 0.180 e. The summed E-state index contributed by atoms with van der Waals surface area (Å²) in [7, 11) is 0. The zero-order valence-corrected chi connectivity index (χ0v) is 32.3. The molecule has 6 aromatic carbocycles. The first-order chi connectivity index (χ1) is 31.5. The molecule has 0 unspecified atom stereocenters. The van der Waals surface area contributed by atoms with E-state index < -0.39 is 120 Å². The number of terminal acetylenes is 1. The Morgan fingerprint density at radius 2 is 0.530 bits per heavy atom. The number of halogens is 12. The summed E-state index contributed by atoms with van der Waals surface area (Å²) in [6, 6.07) is 21.2. The van der Waals surface area contributed by atoms with Crippen LogP contribution in [-0.4, -0.2) is 0 Å². The van der Waals surface area contributed by atoms with Gasteiger partial charge in [0, 0.05) is 5.57 Å². The van der Waals surface area contributed by atoms with Crippen LogP contribution in [0.1, 0.15) is 33.4 Å². The van der Waals surface area contributed by atoms with E-state index in [4.69, 9.17) is 22.2 Å². The van der Waals surface area contributed by atoms with Gasteiger partial charge in [0.15, 0.2) is 69.8 Å². The monoisotopic (exact) mass is 899 g/mol. The number of hydrogen-bond acceptors (Lipinski definition) is 5. The van der Waals surface area contributed by atoms with Crippen molar-refractivity contribution in [2.45, 2.75) is 0 Å². The Balaban J connectivity index is 1.51. The van der Waals surface area contributed by atoms with Crippen molar-refractivity contribution in [1.82, 2.24) is 0 Å². The van der Waals surface area contributed by atoms with Crippen molar-refractivity contribution in [2.24, 2.45) is 0 Å². The van der Waals surface area contributed by atoms with Crippen LogP contribution >= 0.6 is 0 Å². The summed E-state index contributed by atoms with van der Waals surface area (Å²) >= 11 is 0. The molecule has 6 aromatic rings. The van der Waals surface area contributed by atoms with E-state index in [2.05, 4.69) is 0 Å². The third kappa shape index (κ3) is 6.95. The summed E-state index contributed by atoms with van der Waals surface area (Å²) < 4.78 is 177. The molecule has 66 heavy (non-hydrogen) atoms. The highest BCUT2D eigenvalue weighted by Gasteiger charge is 2.33. The van der Waals surface area contributed by atoms with E-state index in [1.54, 1.807) is 0 Å². The van der Waals surface area contributed by atoms with Crippen LogP contribution in [0.25, 0.3) is 33.4 Å². The molecular formula is C49H13F12N5. The third-order valence-electron chi connectivity index (χ3n) is 10.3. The van der Waals surface area contributed by atoms with Crippen molar-refractivity contribution in [3.8, 4) is 42.7 Å². The number of rotatable bonds is 3. The molecule has 5 nitrogen and oxygen atoms in total. The van der Waals surface area contributed by atoms with Gasteiger partial charge in [-0.05, 0) is 48.0 Å². The zero-order chi connectivity index (χ0) is 48.0. The van der Waals surface area contributed by atoms with Gasteiger partial charge in [-0.3, -0.25) is 0 Å². The lowest BCUT2D eigenvalue weighted by Crippen LogP contribution is -2.15. The molecular weight excluding hydrogens is 887 g/mol. The second kappa shape index (κ2) is 17.1. The molecule has 0 aromatic heterocycles. The lowest BCUT2D eigenvalue weighted by Gasteiger charge is -2.08. The van der Waals surface area contributed by atoms with Gasteiger partial charge in [0.05, 0.1) is 27.8 Å². The zero-order valence-electron chi connectivity index (χ0n) is 32.3. The summed E-state index contributed by atoms with van der Waals surface area (Å²) in [6.45, 7) is 0. The van der Waals surface area contributed by atoms with Crippen molar-refractivity contribution in [3.05, 3.63) is 207 Å². The lowest BCUT2D eigenvalue weighted by atomic mass is 9.99. The molecule has 0 radical (unpaired) electrons. The maximum absolute atomic E-state index is 15.1. The molecule has 0 heterocycles. The van der Waals surface area contributed by atoms with Gasteiger partial charge in [0.1, 0.15) is 47.0 Å². The predicted molar refractivity (Wildman–Crippen MR) is 208 cm³/mol. The number of nitriles is 5. The number of hydrogen-bond donors (Lipinski definition) is 0. The lowest BCUT2D eigenvalue weighted by molar-refractivity contribution is 0.447. The van der Waals surface area contributed by atoms with Crippen molar-refractivity contribution in [2.75, 3.05) is 0 Å². The van der Waals surface area contributed by atoms with Crippen LogP contribution in [0.5, 0.6) is 0 Å². The minimum absolute atomic E-state index is 0.134. The Kier molecular flexibility index (Phi) is 11.6. The topological polar surface area (TPSA) is 119 Å². The average Bonchev–Trinajstić information content (AvgIpc) is 4.08. The summed E-state index contributed by atoms with van der Waals surface area (Å²) in [5.41, 5.74) is -9.95. The summed E-state index contributed by atoms with van der Waals surface area (Å²) in [5, 5.41) is 46.9. The second-order valence-corrected chi connectivity index (χ2v) is 13.7. The van der Waals surface area contributed by atoms with Gasteiger partial charge in [-0.25, -0.2) is 52.7 Å². The molecule has 1 aliphatic rings. The maximum atomic E-state index is 15.1. The fourth-order valence-corrected chi connectivity index (χ4v) is 7.14. The van der Waals surface area contributed by atoms with Crippen molar-refractivity contribution < 1.29 is 52.7 Å². The van der Waals surface area contributed by atoms with E-state index in [9.17, 15) is 36.9 Å². The largest absolute Gasteiger partial charge is 0.203 e. The molecule has 0 saturated heterocycles. The van der Waals surface area contributed by atoms with Crippen molar-refractivity contribution in [3.63, 3.8) is 0 Å². The molecule has 0 atom stereocenters. The fraction of sp³-hybridized carbons (Fsp3) is 0. The second-order valence-electron chi connectivity index (χ2n) is 13.7. The first-order valence-corrected chi connectivity index (χ1v) is 18.1. The van der Waals surface area contributed by atoms with E-state index in [0.29, 0.717) is 32.4 Å². The van der Waals surface area contributed by atoms with E-state index in [1.807, 2.05) is 5.92 Å². The van der Waals surface area contributed by atoms with E-state index in [1.165, 1.54) is 60.7 Å². The highest BCUT2D eigenvalue weighted by Crippen LogP contribution is 2.46. The van der Waals surface area contributed by atoms with Crippen LogP contribution in [0.2, 0.25) is 0 Å². The predicted octanol–water partition coefficient (Wildman–Crippen LogP) is 6.11. The fourth-order valence-electron chi connectivity index (χ4n) is 7.14. The summed E-state index contributed by atoms with van der Waals surface area (Å²) in [5.74, 6) is -22.1. The molecule has 0 spiro atoms. The Morgan fingerprint density at radius 3 is 0.727 bits per heavy atom. The molecule has 0 amide bonds. The first-order valence-electron chi connectivity index (χ1n) is 18.1. The first kappa shape index (κ1) is 44.8. The van der Waals surface area contributed by atoms with E-state index in [-0.39, 0.29) is 15.7 Å². The summed E-state index contributed by atoms with van der Waals surface area (Å²) in [4.78, 5) is 0. The minimum Gasteiger partial charge on any atom is -0.203 e. The molecule has 1 saturated carbocycles. The van der Waals surface area contributed by atoms with Crippen molar-refractivity contribution >= 4 is 33.4 Å². The van der Waals surface area contributed by atoms with Gasteiger partial charge < -0.3 is 0 Å². The van der Waals surface area contributed by atoms with Gasteiger partial charge in [-0.15, -0.1) is 6.42 Å². The van der Waals surface area contributed by atoms with Crippen molar-refractivity contribution in [1.29, 1.82) is 26.3 Å². The average molecular weight is 900 g/mol. The Labute approximate surface area is 361 Å². The molecule has 0 bridgehead atoms. The molecule has 318 valence electrons. The summed E-state index contributed by atoms with van der Waals surface area (Å²) in [6.07, 6.45) is 5.53. The Morgan fingerprint density at radius 1 is 0.318 bits per heavy atom. The van der Waals surface area contributed by atoms with E-state index >= 15 is 26.3 Å². The van der Waals surface area contributed by atoms with Crippen LogP contribution in [-0.2, 0) is 0 Å². The quantitative estimate of drug-likeness (QED) is 0.121. The number of benzene rings is 6. The molecule has 0 aliphatic heterocycles. The van der Waals surface area contributed by atoms with Gasteiger partial charge in [-0.2, -0.15) is 26.3 Å². The van der Waals surface area contributed by atoms with Crippen LogP contribution in [0, 0.1) is 139 Å². The highest BCUT2D eigenvalue weighted by atomic mass is 19.2. The van der Waals surface area contributed by atoms with Gasteiger partial charge in [0.25, 0.3) is 0 Å². The SMILES string of the molecule is C#CC(c1c(F)c(F)c(C#N)c(F)c1F)=c1ccc(=C2C(=c3ccc(=C(C#N)c4c(F)c(F)c(C#N)c(F)c4F)cc3)C2=c2ccc(=C(C#N)c3c(F)c(F)c(C#N)c(F)c3F)cc2)cc1. The van der Waals surface area contributed by atoms with Crippen LogP contribution in [0.15, 0.2) is 72.8 Å². The normalized spacial score (nSPS) is 11.5. The Hall–Kier alpha value is -9.29. The standard InChI is InChI=1S/C49H13F12N5/c1-2-26(35-44(56)38(50)29(17-64)39(51)45(35)57)20-3-9-23(10-4-20)32-33(24-11-5-21(6-12-24)27(15-62)36-46(58)40(52)30(18-65)41(53)47(36)59)34(32)25-13-7-22(8-14-25)28(16-63)37-48(60)42(54)31(19-66)43(55)49(37)61/h1,3-14H. The van der Waals surface area contributed by atoms with E-state index in [0.717, 1.165) is 42.5 Å². The van der Waals surface area contributed by atoms with Crippen LogP contribution in [0.4, 0.5) is 52.7 Å². The molecule has 1 aliphatic carbocycles. The Bertz CT molecular complexity index is 3350. The number of nitrogens with zero attached hydrogens (tertiary/aromatic N) is 5. The minimum atomic E-state index is -2.04.